The van der Waals surface area contributed by atoms with Crippen molar-refractivity contribution in [2.45, 2.75) is 43.6 Å². The molecule has 2 amide bonds. The molecular formula is C27H30ClN5O2S. The van der Waals surface area contributed by atoms with Crippen LogP contribution in [0.5, 0.6) is 0 Å². The Morgan fingerprint density at radius 1 is 1.00 bits per heavy atom. The normalized spacial score (nSPS) is 27.5. The van der Waals surface area contributed by atoms with E-state index in [9.17, 15) is 9.59 Å². The standard InChI is InChI=1S/C27H30ClN5O2S/c28-21-6-1-17(2-7-21)5-10-24-30-33(27(36-24)26(29)35)23-12-25(34)32(16-23)22-8-3-18(4-9-22)13-31-14-19-11-20(19)15-31/h1-4,6-9,19-20,23,27H,5,10-16H2,(H2,29,35). The molecule has 0 radical (unpaired) electrons. The van der Waals surface area contributed by atoms with Crippen LogP contribution >= 0.6 is 23.4 Å². The van der Waals surface area contributed by atoms with Gasteiger partial charge in [0, 0.05) is 43.3 Å². The van der Waals surface area contributed by atoms with Crippen LogP contribution in [0.1, 0.15) is 30.4 Å². The number of carbonyl (C=O) groups is 2. The summed E-state index contributed by atoms with van der Waals surface area (Å²) in [7, 11) is 0. The number of fused-ring (bicyclic) bond motifs is 1. The first kappa shape index (κ1) is 23.8. The van der Waals surface area contributed by atoms with E-state index in [1.54, 1.807) is 5.01 Å². The molecule has 9 heteroatoms. The molecule has 36 heavy (non-hydrogen) atoms. The predicted octanol–water partition coefficient (Wildman–Crippen LogP) is 3.70. The van der Waals surface area contributed by atoms with Crippen LogP contribution in [0.15, 0.2) is 53.6 Å². The van der Waals surface area contributed by atoms with E-state index in [0.29, 0.717) is 24.4 Å². The number of benzene rings is 2. The lowest BCUT2D eigenvalue weighted by Crippen LogP contribution is -2.44. The van der Waals surface area contributed by atoms with Crippen LogP contribution in [0.25, 0.3) is 0 Å². The van der Waals surface area contributed by atoms with E-state index in [2.05, 4.69) is 17.0 Å². The lowest BCUT2D eigenvalue weighted by atomic mass is 10.1. The fourth-order valence-electron chi connectivity index (χ4n) is 5.64. The summed E-state index contributed by atoms with van der Waals surface area (Å²) in [4.78, 5) is 29.5. The Balaban J connectivity index is 1.09. The molecule has 2 saturated heterocycles. The number of nitrogens with zero attached hydrogens (tertiary/aromatic N) is 4. The van der Waals surface area contributed by atoms with Gasteiger partial charge in [0.1, 0.15) is 0 Å². The monoisotopic (exact) mass is 523 g/mol. The number of amides is 2. The number of rotatable bonds is 8. The molecule has 0 bridgehead atoms. The van der Waals surface area contributed by atoms with Gasteiger partial charge < -0.3 is 10.6 Å². The Hall–Kier alpha value is -2.55. The summed E-state index contributed by atoms with van der Waals surface area (Å²) >= 11 is 7.38. The van der Waals surface area contributed by atoms with Gasteiger partial charge in [-0.1, -0.05) is 47.6 Å². The summed E-state index contributed by atoms with van der Waals surface area (Å²) in [5.74, 6) is 1.47. The van der Waals surface area contributed by atoms with Crippen LogP contribution in [-0.4, -0.2) is 57.8 Å². The first-order valence-electron chi connectivity index (χ1n) is 12.6. The first-order valence-corrected chi connectivity index (χ1v) is 13.9. The zero-order valence-corrected chi connectivity index (χ0v) is 21.6. The van der Waals surface area contributed by atoms with Crippen molar-refractivity contribution in [3.05, 3.63) is 64.7 Å². The molecule has 0 aromatic heterocycles. The largest absolute Gasteiger partial charge is 0.367 e. The highest BCUT2D eigenvalue weighted by atomic mass is 35.5. The van der Waals surface area contributed by atoms with Crippen molar-refractivity contribution in [1.82, 2.24) is 9.91 Å². The fraction of sp³-hybridized carbons (Fsp3) is 0.444. The average molecular weight is 524 g/mol. The Kier molecular flexibility index (Phi) is 6.44. The third kappa shape index (κ3) is 4.99. The molecule has 2 N–H and O–H groups in total. The molecule has 1 saturated carbocycles. The molecule has 3 fully saturated rings. The average Bonchev–Trinajstić information content (AvgIpc) is 3.19. The van der Waals surface area contributed by atoms with Crippen LogP contribution < -0.4 is 10.6 Å². The minimum Gasteiger partial charge on any atom is -0.367 e. The van der Waals surface area contributed by atoms with Crippen molar-refractivity contribution in [3.8, 4) is 0 Å². The smallest absolute Gasteiger partial charge is 0.252 e. The quantitative estimate of drug-likeness (QED) is 0.570. The van der Waals surface area contributed by atoms with Gasteiger partial charge in [-0.25, -0.2) is 0 Å². The number of hydrazone groups is 1. The van der Waals surface area contributed by atoms with E-state index in [1.165, 1.54) is 36.8 Å². The number of anilines is 1. The number of piperidine rings is 1. The number of hydrogen-bond donors (Lipinski definition) is 1. The number of likely N-dealkylation sites (tertiary alicyclic amines) is 1. The van der Waals surface area contributed by atoms with Gasteiger partial charge in [-0.15, -0.1) is 0 Å². The second kappa shape index (κ2) is 9.72. The van der Waals surface area contributed by atoms with Crippen LogP contribution in [0.3, 0.4) is 0 Å². The Labute approximate surface area is 220 Å². The second-order valence-corrected chi connectivity index (χ2v) is 11.9. The molecular weight excluding hydrogens is 494 g/mol. The number of nitrogens with two attached hydrogens (primary N) is 1. The maximum atomic E-state index is 13.0. The van der Waals surface area contributed by atoms with Crippen molar-refractivity contribution < 1.29 is 9.59 Å². The highest BCUT2D eigenvalue weighted by Crippen LogP contribution is 2.45. The van der Waals surface area contributed by atoms with Crippen LogP contribution in [-0.2, 0) is 22.6 Å². The van der Waals surface area contributed by atoms with Crippen LogP contribution in [0, 0.1) is 11.8 Å². The number of halogens is 1. The molecule has 1 aliphatic carbocycles. The van der Waals surface area contributed by atoms with Crippen molar-refractivity contribution in [1.29, 1.82) is 0 Å². The topological polar surface area (TPSA) is 82.2 Å². The molecule has 188 valence electrons. The number of hydrogen-bond acceptors (Lipinski definition) is 6. The maximum Gasteiger partial charge on any atom is 0.252 e. The summed E-state index contributed by atoms with van der Waals surface area (Å²) in [5, 5.41) is 7.50. The molecule has 6 rings (SSSR count). The van der Waals surface area contributed by atoms with Gasteiger partial charge in [-0.3, -0.25) is 19.5 Å². The van der Waals surface area contributed by atoms with Gasteiger partial charge >= 0.3 is 0 Å². The van der Waals surface area contributed by atoms with Gasteiger partial charge in [0.15, 0.2) is 5.37 Å². The highest BCUT2D eigenvalue weighted by Gasteiger charge is 2.45. The van der Waals surface area contributed by atoms with Crippen LogP contribution in [0.2, 0.25) is 5.02 Å². The maximum absolute atomic E-state index is 13.0. The van der Waals surface area contributed by atoms with E-state index in [0.717, 1.165) is 41.1 Å². The fourth-order valence-corrected chi connectivity index (χ4v) is 6.83. The zero-order valence-electron chi connectivity index (χ0n) is 20.1. The minimum absolute atomic E-state index is 0.0467. The molecule has 4 unspecified atom stereocenters. The van der Waals surface area contributed by atoms with Crippen molar-refractivity contribution in [3.63, 3.8) is 0 Å². The molecule has 4 atom stereocenters. The second-order valence-electron chi connectivity index (χ2n) is 10.4. The van der Waals surface area contributed by atoms with Gasteiger partial charge in [0.2, 0.25) is 5.91 Å². The molecule has 3 aliphatic heterocycles. The molecule has 4 aliphatic rings. The zero-order chi connectivity index (χ0) is 24.8. The molecule has 3 heterocycles. The number of carbonyl (C=O) groups excluding carboxylic acids is 2. The van der Waals surface area contributed by atoms with Gasteiger partial charge in [-0.2, -0.15) is 5.10 Å². The van der Waals surface area contributed by atoms with E-state index in [1.807, 2.05) is 41.3 Å². The third-order valence-corrected chi connectivity index (χ3v) is 9.17. The Bertz CT molecular complexity index is 1180. The van der Waals surface area contributed by atoms with Crippen molar-refractivity contribution in [2.75, 3.05) is 24.5 Å². The number of aryl methyl sites for hydroxylation is 1. The van der Waals surface area contributed by atoms with E-state index in [4.69, 9.17) is 22.4 Å². The molecule has 2 aromatic carbocycles. The van der Waals surface area contributed by atoms with E-state index >= 15 is 0 Å². The van der Waals surface area contributed by atoms with Crippen LogP contribution in [0.4, 0.5) is 5.69 Å². The molecule has 0 spiro atoms. The predicted molar refractivity (Wildman–Crippen MR) is 144 cm³/mol. The van der Waals surface area contributed by atoms with Gasteiger partial charge in [-0.05, 0) is 60.1 Å². The third-order valence-electron chi connectivity index (χ3n) is 7.69. The highest BCUT2D eigenvalue weighted by molar-refractivity contribution is 8.15. The number of thioether (sulfide) groups is 1. The van der Waals surface area contributed by atoms with Gasteiger partial charge in [0.25, 0.3) is 5.91 Å². The summed E-state index contributed by atoms with van der Waals surface area (Å²) in [6, 6.07) is 15.9. The first-order chi connectivity index (χ1) is 17.4. The van der Waals surface area contributed by atoms with E-state index in [-0.39, 0.29) is 11.9 Å². The SMILES string of the molecule is NC(=O)C1SC(CCc2ccc(Cl)cc2)=NN1C1CC(=O)N(c2ccc(CN3CC4CC4C3)cc2)C1. The molecule has 7 nitrogen and oxygen atoms in total. The minimum atomic E-state index is -0.586. The number of primary amides is 1. The summed E-state index contributed by atoms with van der Waals surface area (Å²) in [5.41, 5.74) is 9.06. The Morgan fingerprint density at radius 2 is 1.69 bits per heavy atom. The van der Waals surface area contributed by atoms with Gasteiger partial charge in [0.05, 0.1) is 17.5 Å². The lowest BCUT2D eigenvalue weighted by molar-refractivity contribution is -0.121. The summed E-state index contributed by atoms with van der Waals surface area (Å²) < 4.78 is 0. The lowest BCUT2D eigenvalue weighted by Gasteiger charge is -2.26. The Morgan fingerprint density at radius 3 is 2.39 bits per heavy atom. The molecule has 2 aromatic rings. The van der Waals surface area contributed by atoms with Crippen molar-refractivity contribution >= 4 is 45.9 Å². The van der Waals surface area contributed by atoms with E-state index < -0.39 is 11.3 Å². The summed E-state index contributed by atoms with van der Waals surface area (Å²) in [6.45, 7) is 3.90. The van der Waals surface area contributed by atoms with Crippen molar-refractivity contribution in [2.24, 2.45) is 22.7 Å². The summed E-state index contributed by atoms with van der Waals surface area (Å²) in [6.07, 6.45) is 3.23.